The number of rotatable bonds is 3. The minimum Gasteiger partial charge on any atom is -0.333 e. The van der Waals surface area contributed by atoms with Crippen molar-refractivity contribution in [3.05, 3.63) is 58.6 Å². The van der Waals surface area contributed by atoms with Gasteiger partial charge in [-0.1, -0.05) is 6.07 Å². The number of aryl methyl sites for hydroxylation is 2. The van der Waals surface area contributed by atoms with Crippen LogP contribution in [0.5, 0.6) is 0 Å². The lowest BCUT2D eigenvalue weighted by Crippen LogP contribution is -2.23. The van der Waals surface area contributed by atoms with Crippen LogP contribution in [-0.4, -0.2) is 28.7 Å². The van der Waals surface area contributed by atoms with E-state index in [1.807, 2.05) is 0 Å². The summed E-state index contributed by atoms with van der Waals surface area (Å²) in [6.45, 7) is 0.106. The van der Waals surface area contributed by atoms with E-state index in [1.54, 1.807) is 17.7 Å². The molecule has 156 valence electrons. The minimum absolute atomic E-state index is 0.0126. The van der Waals surface area contributed by atoms with Crippen LogP contribution in [0.15, 0.2) is 30.6 Å². The highest BCUT2D eigenvalue weighted by atomic mass is 35.5. The average molecular weight is 440 g/mol. The second kappa shape index (κ2) is 6.94. The maximum absolute atomic E-state index is 14.8. The van der Waals surface area contributed by atoms with Crippen LogP contribution in [0.1, 0.15) is 11.3 Å². The van der Waals surface area contributed by atoms with Crippen LogP contribution < -0.4 is 5.62 Å². The van der Waals surface area contributed by atoms with E-state index < -0.39 is 17.7 Å². The van der Waals surface area contributed by atoms with Crippen molar-refractivity contribution < 1.29 is 17.6 Å². The third-order valence-corrected chi connectivity index (χ3v) is 4.88. The zero-order valence-electron chi connectivity index (χ0n) is 15.7. The monoisotopic (exact) mass is 439 g/mol. The van der Waals surface area contributed by atoms with Gasteiger partial charge in [0.2, 0.25) is 10.9 Å². The number of alkyl halides is 3. The molecule has 3 heterocycles. The molecule has 0 aliphatic heterocycles. The van der Waals surface area contributed by atoms with Gasteiger partial charge in [0.15, 0.2) is 11.3 Å². The number of aromatic nitrogens is 6. The molecule has 7 nitrogen and oxygen atoms in total. The molecule has 30 heavy (non-hydrogen) atoms. The molecule has 12 heteroatoms. The van der Waals surface area contributed by atoms with E-state index in [9.17, 15) is 17.6 Å². The molecule has 0 aliphatic carbocycles. The first-order chi connectivity index (χ1) is 14.1. The highest BCUT2D eigenvalue weighted by Gasteiger charge is 2.34. The number of fused-ring (bicyclic) bond motifs is 1. The van der Waals surface area contributed by atoms with Crippen molar-refractivity contribution in [3.8, 4) is 11.4 Å². The normalized spacial score (nSPS) is 12.1. The number of imidazole rings is 2. The SMILES string of the molecule is Cn1cc(C(F)(F)F)nc1-c1ccc(Cn2c(=N)n(C)c3cnc(Cl)nc32)cc1F. The van der Waals surface area contributed by atoms with Crippen molar-refractivity contribution in [2.24, 2.45) is 14.1 Å². The average Bonchev–Trinajstić information content (AvgIpc) is 3.16. The Morgan fingerprint density at radius 1 is 1.17 bits per heavy atom. The van der Waals surface area contributed by atoms with Gasteiger partial charge in [-0.2, -0.15) is 18.2 Å². The van der Waals surface area contributed by atoms with Crippen LogP contribution in [0.2, 0.25) is 5.28 Å². The summed E-state index contributed by atoms with van der Waals surface area (Å²) in [5.74, 6) is -0.861. The fraction of sp³-hybridized carbons (Fsp3) is 0.222. The van der Waals surface area contributed by atoms with E-state index in [0.717, 1.165) is 10.8 Å². The third kappa shape index (κ3) is 3.34. The fourth-order valence-electron chi connectivity index (χ4n) is 3.20. The van der Waals surface area contributed by atoms with Gasteiger partial charge in [0.05, 0.1) is 18.3 Å². The summed E-state index contributed by atoms with van der Waals surface area (Å²) in [5, 5.41) is 8.28. The molecule has 4 rings (SSSR count). The molecule has 1 N–H and O–H groups in total. The summed E-state index contributed by atoms with van der Waals surface area (Å²) in [6.07, 6.45) is -2.32. The minimum atomic E-state index is -4.62. The molecule has 1 aromatic carbocycles. The molecular weight excluding hydrogens is 426 g/mol. The summed E-state index contributed by atoms with van der Waals surface area (Å²) >= 11 is 5.86. The van der Waals surface area contributed by atoms with Crippen LogP contribution in [0.3, 0.4) is 0 Å². The predicted molar refractivity (Wildman–Crippen MR) is 100 cm³/mol. The van der Waals surface area contributed by atoms with Gasteiger partial charge in [-0.3, -0.25) is 9.98 Å². The van der Waals surface area contributed by atoms with Crippen LogP contribution in [0.25, 0.3) is 22.6 Å². The lowest BCUT2D eigenvalue weighted by molar-refractivity contribution is -0.140. The first-order valence-corrected chi connectivity index (χ1v) is 8.95. The Balaban J connectivity index is 1.73. The molecule has 3 aromatic heterocycles. The molecule has 0 atom stereocenters. The maximum Gasteiger partial charge on any atom is 0.434 e. The van der Waals surface area contributed by atoms with E-state index in [0.29, 0.717) is 16.7 Å². The van der Waals surface area contributed by atoms with Crippen LogP contribution >= 0.6 is 11.6 Å². The van der Waals surface area contributed by atoms with E-state index in [1.165, 1.54) is 29.9 Å². The second-order valence-electron chi connectivity index (χ2n) is 6.69. The Labute approximate surface area is 171 Å². The van der Waals surface area contributed by atoms with Crippen molar-refractivity contribution in [1.82, 2.24) is 28.7 Å². The van der Waals surface area contributed by atoms with E-state index in [4.69, 9.17) is 17.0 Å². The van der Waals surface area contributed by atoms with Crippen molar-refractivity contribution >= 4 is 22.8 Å². The molecule has 0 radical (unpaired) electrons. The molecule has 0 unspecified atom stereocenters. The number of hydrogen-bond donors (Lipinski definition) is 1. The van der Waals surface area contributed by atoms with Gasteiger partial charge in [-0.05, 0) is 29.3 Å². The van der Waals surface area contributed by atoms with Gasteiger partial charge in [0.25, 0.3) is 0 Å². The Morgan fingerprint density at radius 2 is 1.90 bits per heavy atom. The van der Waals surface area contributed by atoms with Crippen molar-refractivity contribution in [2.75, 3.05) is 0 Å². The number of nitrogens with one attached hydrogen (secondary N) is 1. The lowest BCUT2D eigenvalue weighted by Gasteiger charge is -2.08. The predicted octanol–water partition coefficient (Wildman–Crippen LogP) is 3.51. The molecule has 0 saturated heterocycles. The number of benzene rings is 1. The summed E-state index contributed by atoms with van der Waals surface area (Å²) in [6, 6.07) is 4.13. The summed E-state index contributed by atoms with van der Waals surface area (Å²) in [4.78, 5) is 11.6. The van der Waals surface area contributed by atoms with Gasteiger partial charge >= 0.3 is 6.18 Å². The Hall–Kier alpha value is -3.21. The number of halogens is 5. The molecule has 0 spiro atoms. The first-order valence-electron chi connectivity index (χ1n) is 8.58. The van der Waals surface area contributed by atoms with Crippen LogP contribution in [0.4, 0.5) is 17.6 Å². The highest BCUT2D eigenvalue weighted by Crippen LogP contribution is 2.31. The molecule has 0 amide bonds. The summed E-state index contributed by atoms with van der Waals surface area (Å²) < 4.78 is 57.6. The van der Waals surface area contributed by atoms with Gasteiger partial charge in [-0.15, -0.1) is 0 Å². The van der Waals surface area contributed by atoms with Gasteiger partial charge < -0.3 is 9.13 Å². The highest BCUT2D eigenvalue weighted by molar-refractivity contribution is 6.28. The molecule has 0 fully saturated rings. The smallest absolute Gasteiger partial charge is 0.333 e. The topological polar surface area (TPSA) is 77.3 Å². The van der Waals surface area contributed by atoms with Crippen molar-refractivity contribution in [2.45, 2.75) is 12.7 Å². The first kappa shape index (κ1) is 20.1. The van der Waals surface area contributed by atoms with Crippen LogP contribution in [0, 0.1) is 11.2 Å². The summed E-state index contributed by atoms with van der Waals surface area (Å²) in [5.41, 5.74) is 0.425. The number of nitrogens with zero attached hydrogens (tertiary/aromatic N) is 6. The van der Waals surface area contributed by atoms with Crippen molar-refractivity contribution in [3.63, 3.8) is 0 Å². The molecule has 4 aromatic rings. The second-order valence-corrected chi connectivity index (χ2v) is 7.03. The summed E-state index contributed by atoms with van der Waals surface area (Å²) in [7, 11) is 3.04. The maximum atomic E-state index is 14.8. The van der Waals surface area contributed by atoms with E-state index in [-0.39, 0.29) is 28.8 Å². The molecule has 0 aliphatic rings. The molecular formula is C18H14ClF4N7. The Bertz CT molecular complexity index is 1330. The molecule has 0 bridgehead atoms. The van der Waals surface area contributed by atoms with Crippen LogP contribution in [-0.2, 0) is 26.8 Å². The zero-order chi connectivity index (χ0) is 21.8. The van der Waals surface area contributed by atoms with Gasteiger partial charge in [0, 0.05) is 20.3 Å². The van der Waals surface area contributed by atoms with Gasteiger partial charge in [0.1, 0.15) is 17.2 Å². The molecule has 0 saturated carbocycles. The lowest BCUT2D eigenvalue weighted by atomic mass is 10.1. The number of hydrogen-bond acceptors (Lipinski definition) is 4. The quantitative estimate of drug-likeness (QED) is 0.392. The third-order valence-electron chi connectivity index (χ3n) is 4.69. The Morgan fingerprint density at radius 3 is 2.53 bits per heavy atom. The van der Waals surface area contributed by atoms with E-state index in [2.05, 4.69) is 15.0 Å². The van der Waals surface area contributed by atoms with Gasteiger partial charge in [-0.25, -0.2) is 14.4 Å². The van der Waals surface area contributed by atoms with Crippen molar-refractivity contribution in [1.29, 1.82) is 5.41 Å². The van der Waals surface area contributed by atoms with E-state index >= 15 is 0 Å². The fourth-order valence-corrected chi connectivity index (χ4v) is 3.33. The standard InChI is InChI=1S/C18H14ClF4N7/c1-28-8-13(18(21,22)23)26-14(28)10-4-3-9(5-11(10)20)7-30-15-12(29(2)17(30)24)6-25-16(19)27-15/h3-6,8,24H,7H2,1-2H3. The largest absolute Gasteiger partial charge is 0.434 e. The zero-order valence-corrected chi connectivity index (χ0v) is 16.4. The Kier molecular flexibility index (Phi) is 4.64.